The number of benzene rings is 2. The molecule has 1 aliphatic rings. The van der Waals surface area contributed by atoms with Gasteiger partial charge in [-0.3, -0.25) is 0 Å². The Labute approximate surface area is 173 Å². The molecule has 1 heterocycles. The van der Waals surface area contributed by atoms with Crippen molar-refractivity contribution >= 4 is 31.7 Å². The lowest BCUT2D eigenvalue weighted by Gasteiger charge is -2.11. The van der Waals surface area contributed by atoms with Crippen LogP contribution in [0.4, 0.5) is 5.88 Å². The molecule has 4 rings (SSSR count). The molecule has 1 fully saturated rings. The van der Waals surface area contributed by atoms with E-state index in [2.05, 4.69) is 26.2 Å². The maximum absolute atomic E-state index is 13.3. The first kappa shape index (κ1) is 19.2. The van der Waals surface area contributed by atoms with E-state index < -0.39 is 9.84 Å². The van der Waals surface area contributed by atoms with Crippen molar-refractivity contribution in [1.82, 2.24) is 4.98 Å². The standard InChI is InChI=1S/C21H21BrN2O3S/c1-14-6-2-5-9-18(14)19-24-21(20(27-19)23-16-7-3-4-8-16)28(25,26)17-12-10-15(22)11-13-17/h2,5-6,9-13,16,23H,3-4,7-8H2,1H3. The van der Waals surface area contributed by atoms with E-state index in [0.717, 1.165) is 41.3 Å². The number of hydrogen-bond acceptors (Lipinski definition) is 5. The number of nitrogens with one attached hydrogen (secondary N) is 1. The van der Waals surface area contributed by atoms with Crippen molar-refractivity contribution in [2.45, 2.75) is 48.6 Å². The highest BCUT2D eigenvalue weighted by Gasteiger charge is 2.30. The topological polar surface area (TPSA) is 72.2 Å². The first-order valence-electron chi connectivity index (χ1n) is 9.29. The molecular weight excluding hydrogens is 440 g/mol. The Balaban J connectivity index is 1.82. The van der Waals surface area contributed by atoms with Crippen LogP contribution in [0.1, 0.15) is 31.2 Å². The molecule has 0 saturated heterocycles. The molecule has 1 saturated carbocycles. The molecule has 1 aromatic heterocycles. The molecule has 146 valence electrons. The molecule has 0 radical (unpaired) electrons. The van der Waals surface area contributed by atoms with Gasteiger partial charge in [-0.1, -0.05) is 47.0 Å². The molecule has 7 heteroatoms. The molecule has 1 aliphatic carbocycles. The maximum atomic E-state index is 13.3. The van der Waals surface area contributed by atoms with Crippen LogP contribution in [0, 0.1) is 6.92 Å². The Morgan fingerprint density at radius 2 is 1.75 bits per heavy atom. The Hall–Kier alpha value is -2.12. The number of halogens is 1. The van der Waals surface area contributed by atoms with Gasteiger partial charge in [-0.2, -0.15) is 4.98 Å². The first-order chi connectivity index (χ1) is 13.4. The van der Waals surface area contributed by atoms with Crippen molar-refractivity contribution in [2.75, 3.05) is 5.32 Å². The number of sulfone groups is 1. The lowest BCUT2D eigenvalue weighted by Crippen LogP contribution is -2.16. The zero-order valence-electron chi connectivity index (χ0n) is 15.5. The fourth-order valence-corrected chi connectivity index (χ4v) is 5.02. The minimum Gasteiger partial charge on any atom is -0.419 e. The minimum atomic E-state index is -3.82. The van der Waals surface area contributed by atoms with Crippen LogP contribution < -0.4 is 5.32 Å². The molecule has 0 atom stereocenters. The van der Waals surface area contributed by atoms with E-state index in [1.54, 1.807) is 24.3 Å². The van der Waals surface area contributed by atoms with Gasteiger partial charge in [-0.15, -0.1) is 0 Å². The van der Waals surface area contributed by atoms with E-state index in [4.69, 9.17) is 4.42 Å². The summed E-state index contributed by atoms with van der Waals surface area (Å²) in [5.41, 5.74) is 1.76. The number of hydrogen-bond donors (Lipinski definition) is 1. The number of oxazole rings is 1. The third-order valence-electron chi connectivity index (χ3n) is 5.04. The average Bonchev–Trinajstić information content (AvgIpc) is 3.33. The van der Waals surface area contributed by atoms with Crippen LogP contribution >= 0.6 is 15.9 Å². The summed E-state index contributed by atoms with van der Waals surface area (Å²) < 4.78 is 33.4. The second-order valence-electron chi connectivity index (χ2n) is 7.05. The van der Waals surface area contributed by atoms with E-state index in [-0.39, 0.29) is 21.8 Å². The summed E-state index contributed by atoms with van der Waals surface area (Å²) in [5, 5.41) is 3.23. The monoisotopic (exact) mass is 460 g/mol. The maximum Gasteiger partial charge on any atom is 0.234 e. The summed E-state index contributed by atoms with van der Waals surface area (Å²) in [7, 11) is -3.82. The van der Waals surface area contributed by atoms with E-state index in [9.17, 15) is 8.42 Å². The average molecular weight is 461 g/mol. The van der Waals surface area contributed by atoms with E-state index in [0.29, 0.717) is 5.89 Å². The number of anilines is 1. The summed E-state index contributed by atoms with van der Waals surface area (Å²) >= 11 is 3.34. The smallest absolute Gasteiger partial charge is 0.234 e. The molecule has 0 bridgehead atoms. The molecule has 1 N–H and O–H groups in total. The van der Waals surface area contributed by atoms with Gasteiger partial charge in [0.25, 0.3) is 0 Å². The van der Waals surface area contributed by atoms with Crippen molar-refractivity contribution in [3.05, 3.63) is 58.6 Å². The fourth-order valence-electron chi connectivity index (χ4n) is 3.49. The van der Waals surface area contributed by atoms with Crippen molar-refractivity contribution in [3.63, 3.8) is 0 Å². The van der Waals surface area contributed by atoms with Crippen LogP contribution in [-0.4, -0.2) is 19.4 Å². The molecule has 0 aliphatic heterocycles. The number of rotatable bonds is 5. The third kappa shape index (κ3) is 3.73. The number of aryl methyl sites for hydroxylation is 1. The van der Waals surface area contributed by atoms with Crippen LogP contribution in [0.3, 0.4) is 0 Å². The molecule has 3 aromatic rings. The van der Waals surface area contributed by atoms with Gasteiger partial charge < -0.3 is 9.73 Å². The lowest BCUT2D eigenvalue weighted by molar-refractivity contribution is 0.564. The molecule has 28 heavy (non-hydrogen) atoms. The predicted octanol–water partition coefficient (Wildman–Crippen LogP) is 5.60. The van der Waals surface area contributed by atoms with Crippen LogP contribution in [0.5, 0.6) is 0 Å². The van der Waals surface area contributed by atoms with E-state index in [1.165, 1.54) is 0 Å². The van der Waals surface area contributed by atoms with Gasteiger partial charge in [0, 0.05) is 16.1 Å². The van der Waals surface area contributed by atoms with E-state index >= 15 is 0 Å². The van der Waals surface area contributed by atoms with Crippen molar-refractivity contribution in [2.24, 2.45) is 0 Å². The van der Waals surface area contributed by atoms with Crippen LogP contribution in [0.15, 0.2) is 67.3 Å². The van der Waals surface area contributed by atoms with Gasteiger partial charge in [0.05, 0.1) is 4.90 Å². The third-order valence-corrected chi connectivity index (χ3v) is 7.25. The zero-order chi connectivity index (χ0) is 19.7. The van der Waals surface area contributed by atoms with Crippen molar-refractivity contribution in [1.29, 1.82) is 0 Å². The van der Waals surface area contributed by atoms with Gasteiger partial charge in [0.2, 0.25) is 26.6 Å². The molecule has 0 unspecified atom stereocenters. The second-order valence-corrected chi connectivity index (χ2v) is 9.83. The highest BCUT2D eigenvalue weighted by molar-refractivity contribution is 9.10. The highest BCUT2D eigenvalue weighted by atomic mass is 79.9. The van der Waals surface area contributed by atoms with Crippen molar-refractivity contribution < 1.29 is 12.8 Å². The summed E-state index contributed by atoms with van der Waals surface area (Å²) in [5.74, 6) is 0.544. The summed E-state index contributed by atoms with van der Waals surface area (Å²) in [6.45, 7) is 1.95. The van der Waals surface area contributed by atoms with Crippen molar-refractivity contribution in [3.8, 4) is 11.5 Å². The molecular formula is C21H21BrN2O3S. The predicted molar refractivity (Wildman–Crippen MR) is 112 cm³/mol. The normalized spacial score (nSPS) is 15.1. The Kier molecular flexibility index (Phi) is 5.29. The Morgan fingerprint density at radius 1 is 1.07 bits per heavy atom. The molecule has 2 aromatic carbocycles. The summed E-state index contributed by atoms with van der Waals surface area (Å²) in [4.78, 5) is 4.61. The summed E-state index contributed by atoms with van der Waals surface area (Å²) in [6.07, 6.45) is 4.26. The van der Waals surface area contributed by atoms with Crippen LogP contribution in [0.2, 0.25) is 0 Å². The largest absolute Gasteiger partial charge is 0.419 e. The highest BCUT2D eigenvalue weighted by Crippen LogP contribution is 2.35. The van der Waals surface area contributed by atoms with E-state index in [1.807, 2.05) is 31.2 Å². The lowest BCUT2D eigenvalue weighted by atomic mass is 10.1. The van der Waals surface area contributed by atoms with Crippen LogP contribution in [-0.2, 0) is 9.84 Å². The second kappa shape index (κ2) is 7.72. The zero-order valence-corrected chi connectivity index (χ0v) is 17.9. The quantitative estimate of drug-likeness (QED) is 0.536. The fraction of sp³-hybridized carbons (Fsp3) is 0.286. The minimum absolute atomic E-state index is 0.0556. The number of aromatic nitrogens is 1. The Bertz CT molecular complexity index is 1090. The van der Waals surface area contributed by atoms with Gasteiger partial charge in [0.1, 0.15) is 0 Å². The number of nitrogens with zero attached hydrogens (tertiary/aromatic N) is 1. The first-order valence-corrected chi connectivity index (χ1v) is 11.6. The SMILES string of the molecule is Cc1ccccc1-c1nc(S(=O)(=O)c2ccc(Br)cc2)c(NC2CCCC2)o1. The summed E-state index contributed by atoms with van der Waals surface area (Å²) in [6, 6.07) is 14.4. The van der Waals surface area contributed by atoms with Gasteiger partial charge >= 0.3 is 0 Å². The van der Waals surface area contributed by atoms with Crippen LogP contribution in [0.25, 0.3) is 11.5 Å². The molecule has 0 spiro atoms. The molecule has 0 amide bonds. The Morgan fingerprint density at radius 3 is 2.43 bits per heavy atom. The van der Waals surface area contributed by atoms with Gasteiger partial charge in [-0.25, -0.2) is 8.42 Å². The van der Waals surface area contributed by atoms with Gasteiger partial charge in [0.15, 0.2) is 0 Å². The van der Waals surface area contributed by atoms with Gasteiger partial charge in [-0.05, 0) is 55.7 Å². The molecule has 5 nitrogen and oxygen atoms in total.